The third-order valence-corrected chi connectivity index (χ3v) is 6.47. The van der Waals surface area contributed by atoms with E-state index >= 15 is 0 Å². The summed E-state index contributed by atoms with van der Waals surface area (Å²) in [4.78, 5) is 27.5. The number of piperidine rings is 1. The van der Waals surface area contributed by atoms with Crippen molar-refractivity contribution in [2.45, 2.75) is 24.7 Å². The second kappa shape index (κ2) is 9.32. The fourth-order valence-electron chi connectivity index (χ4n) is 3.05. The molecule has 27 heavy (non-hydrogen) atoms. The summed E-state index contributed by atoms with van der Waals surface area (Å²) in [6.45, 7) is 5.45. The molecule has 0 saturated carbocycles. The molecule has 0 aliphatic carbocycles. The van der Waals surface area contributed by atoms with Gasteiger partial charge in [-0.3, -0.25) is 9.59 Å². The summed E-state index contributed by atoms with van der Waals surface area (Å²) < 4.78 is 24.6. The van der Waals surface area contributed by atoms with Gasteiger partial charge in [0.25, 0.3) is 5.91 Å². The molecule has 2 amide bonds. The zero-order chi connectivity index (χ0) is 20.0. The summed E-state index contributed by atoms with van der Waals surface area (Å²) in [7, 11) is -0.681. The Bertz CT molecular complexity index is 752. The Morgan fingerprint density at radius 1 is 1.15 bits per heavy atom. The summed E-state index contributed by atoms with van der Waals surface area (Å²) in [5.74, 6) is -0.538. The fraction of sp³-hybridized carbons (Fsp3) is 0.579. The van der Waals surface area contributed by atoms with Crippen molar-refractivity contribution in [2.24, 2.45) is 5.92 Å². The number of likely N-dealkylation sites (tertiary alicyclic amines) is 1. The zero-order valence-electron chi connectivity index (χ0n) is 16.3. The standard InChI is InChI=1S/C19H29N3O4S/c1-4-20-13-15-9-11-22(12-10-15)19(24)16-5-7-17(8-6-16)27(25,26)14-18(23)21(2)3/h5-8,15,20H,4,9-14H2,1-3H3. The van der Waals surface area contributed by atoms with E-state index in [9.17, 15) is 18.0 Å². The monoisotopic (exact) mass is 395 g/mol. The number of sulfone groups is 1. The first-order valence-electron chi connectivity index (χ1n) is 9.27. The minimum atomic E-state index is -3.71. The maximum absolute atomic E-state index is 12.6. The Labute approximate surface area is 161 Å². The molecule has 0 radical (unpaired) electrons. The second-order valence-corrected chi connectivity index (χ2v) is 9.10. The molecule has 1 aromatic rings. The molecule has 2 rings (SSSR count). The van der Waals surface area contributed by atoms with Gasteiger partial charge in [0.2, 0.25) is 5.91 Å². The molecule has 0 atom stereocenters. The molecule has 1 fully saturated rings. The van der Waals surface area contributed by atoms with Crippen LogP contribution in [0.15, 0.2) is 29.2 Å². The lowest BCUT2D eigenvalue weighted by Crippen LogP contribution is -2.40. The van der Waals surface area contributed by atoms with Crippen LogP contribution in [0.4, 0.5) is 0 Å². The number of nitrogens with one attached hydrogen (secondary N) is 1. The molecule has 0 aromatic heterocycles. The van der Waals surface area contributed by atoms with E-state index in [1.54, 1.807) is 0 Å². The summed E-state index contributed by atoms with van der Waals surface area (Å²) in [5, 5.41) is 3.35. The number of benzene rings is 1. The normalized spacial score (nSPS) is 15.6. The van der Waals surface area contributed by atoms with Crippen LogP contribution >= 0.6 is 0 Å². The maximum atomic E-state index is 12.6. The molecule has 1 heterocycles. The van der Waals surface area contributed by atoms with Crippen molar-refractivity contribution in [3.05, 3.63) is 29.8 Å². The van der Waals surface area contributed by atoms with E-state index in [2.05, 4.69) is 12.2 Å². The van der Waals surface area contributed by atoms with E-state index in [0.717, 1.165) is 25.9 Å². The number of carbonyl (C=O) groups excluding carboxylic acids is 2. The summed E-state index contributed by atoms with van der Waals surface area (Å²) in [6, 6.07) is 5.87. The van der Waals surface area contributed by atoms with Gasteiger partial charge in [0.15, 0.2) is 9.84 Å². The first-order chi connectivity index (χ1) is 12.7. The summed E-state index contributed by atoms with van der Waals surface area (Å²) in [5.41, 5.74) is 0.470. The molecule has 0 unspecified atom stereocenters. The largest absolute Gasteiger partial charge is 0.348 e. The topological polar surface area (TPSA) is 86.8 Å². The van der Waals surface area contributed by atoms with Crippen LogP contribution in [0.5, 0.6) is 0 Å². The molecule has 1 aliphatic rings. The van der Waals surface area contributed by atoms with Gasteiger partial charge in [-0.1, -0.05) is 6.92 Å². The van der Waals surface area contributed by atoms with E-state index in [1.165, 1.54) is 43.3 Å². The molecule has 0 bridgehead atoms. The van der Waals surface area contributed by atoms with Gasteiger partial charge in [-0.15, -0.1) is 0 Å². The third-order valence-electron chi connectivity index (χ3n) is 4.86. The number of rotatable bonds is 7. The van der Waals surface area contributed by atoms with E-state index in [4.69, 9.17) is 0 Å². The first-order valence-corrected chi connectivity index (χ1v) is 10.9. The van der Waals surface area contributed by atoms with Gasteiger partial charge in [-0.2, -0.15) is 0 Å². The molecule has 1 N–H and O–H groups in total. The number of hydrogen-bond acceptors (Lipinski definition) is 5. The molecule has 1 aliphatic heterocycles. The molecule has 0 spiro atoms. The van der Waals surface area contributed by atoms with Gasteiger partial charge in [-0.25, -0.2) is 8.42 Å². The minimum Gasteiger partial charge on any atom is -0.348 e. The van der Waals surface area contributed by atoms with Crippen molar-refractivity contribution in [3.63, 3.8) is 0 Å². The lowest BCUT2D eigenvalue weighted by molar-refractivity contribution is -0.125. The Morgan fingerprint density at radius 2 is 1.74 bits per heavy atom. The Hall–Kier alpha value is -1.93. The highest BCUT2D eigenvalue weighted by atomic mass is 32.2. The predicted octanol–water partition coefficient (Wildman–Crippen LogP) is 1.01. The predicted molar refractivity (Wildman–Crippen MR) is 104 cm³/mol. The SMILES string of the molecule is CCNCC1CCN(C(=O)c2ccc(S(=O)(=O)CC(=O)N(C)C)cc2)CC1. The highest BCUT2D eigenvalue weighted by Crippen LogP contribution is 2.20. The van der Waals surface area contributed by atoms with E-state index < -0.39 is 21.5 Å². The van der Waals surface area contributed by atoms with Crippen LogP contribution in [0, 0.1) is 5.92 Å². The minimum absolute atomic E-state index is 0.0543. The molecule has 8 heteroatoms. The quantitative estimate of drug-likeness (QED) is 0.745. The highest BCUT2D eigenvalue weighted by molar-refractivity contribution is 7.92. The summed E-state index contributed by atoms with van der Waals surface area (Å²) >= 11 is 0. The van der Waals surface area contributed by atoms with Crippen LogP contribution in [-0.2, 0) is 14.6 Å². The lowest BCUT2D eigenvalue weighted by atomic mass is 9.96. The second-order valence-electron chi connectivity index (χ2n) is 7.11. The van der Waals surface area contributed by atoms with Crippen LogP contribution in [0.25, 0.3) is 0 Å². The number of amides is 2. The lowest BCUT2D eigenvalue weighted by Gasteiger charge is -2.32. The van der Waals surface area contributed by atoms with Crippen LogP contribution in [0.1, 0.15) is 30.1 Å². The Morgan fingerprint density at radius 3 is 2.26 bits per heavy atom. The maximum Gasteiger partial charge on any atom is 0.253 e. The van der Waals surface area contributed by atoms with Gasteiger partial charge < -0.3 is 15.1 Å². The van der Waals surface area contributed by atoms with Gasteiger partial charge in [-0.05, 0) is 56.1 Å². The van der Waals surface area contributed by atoms with E-state index in [0.29, 0.717) is 24.6 Å². The number of nitrogens with zero attached hydrogens (tertiary/aromatic N) is 2. The highest BCUT2D eigenvalue weighted by Gasteiger charge is 2.24. The van der Waals surface area contributed by atoms with Crippen molar-refractivity contribution in [3.8, 4) is 0 Å². The van der Waals surface area contributed by atoms with Crippen molar-refractivity contribution in [1.82, 2.24) is 15.1 Å². The number of carbonyl (C=O) groups is 2. The van der Waals surface area contributed by atoms with Gasteiger partial charge >= 0.3 is 0 Å². The Balaban J connectivity index is 1.99. The number of hydrogen-bond donors (Lipinski definition) is 1. The average Bonchev–Trinajstić information content (AvgIpc) is 2.66. The smallest absolute Gasteiger partial charge is 0.253 e. The summed E-state index contributed by atoms with van der Waals surface area (Å²) in [6.07, 6.45) is 1.94. The molecule has 7 nitrogen and oxygen atoms in total. The van der Waals surface area contributed by atoms with Crippen molar-refractivity contribution >= 4 is 21.7 Å². The van der Waals surface area contributed by atoms with Crippen molar-refractivity contribution in [2.75, 3.05) is 46.0 Å². The fourth-order valence-corrected chi connectivity index (χ4v) is 4.35. The van der Waals surface area contributed by atoms with Gasteiger partial charge in [0, 0.05) is 32.7 Å². The zero-order valence-corrected chi connectivity index (χ0v) is 17.1. The van der Waals surface area contributed by atoms with Gasteiger partial charge in [0.05, 0.1) is 4.90 Å². The van der Waals surface area contributed by atoms with Crippen LogP contribution in [0.3, 0.4) is 0 Å². The first kappa shape index (κ1) is 21.4. The third kappa shape index (κ3) is 5.77. The van der Waals surface area contributed by atoms with E-state index in [1.807, 2.05) is 4.90 Å². The molecule has 1 saturated heterocycles. The molecular formula is C19H29N3O4S. The van der Waals surface area contributed by atoms with Crippen molar-refractivity contribution < 1.29 is 18.0 Å². The average molecular weight is 396 g/mol. The molecule has 1 aromatic carbocycles. The Kier molecular flexibility index (Phi) is 7.38. The van der Waals surface area contributed by atoms with Crippen LogP contribution < -0.4 is 5.32 Å². The molecular weight excluding hydrogens is 366 g/mol. The molecule has 150 valence electrons. The van der Waals surface area contributed by atoms with Gasteiger partial charge in [0.1, 0.15) is 5.75 Å². The van der Waals surface area contributed by atoms with Crippen molar-refractivity contribution in [1.29, 1.82) is 0 Å². The van der Waals surface area contributed by atoms with Crippen LogP contribution in [0.2, 0.25) is 0 Å². The van der Waals surface area contributed by atoms with Crippen LogP contribution in [-0.4, -0.2) is 76.1 Å². The van der Waals surface area contributed by atoms with E-state index in [-0.39, 0.29) is 10.8 Å².